The second kappa shape index (κ2) is 6.87. The van der Waals surface area contributed by atoms with E-state index in [9.17, 15) is 9.59 Å². The van der Waals surface area contributed by atoms with Gasteiger partial charge in [-0.1, -0.05) is 6.92 Å². The van der Waals surface area contributed by atoms with Crippen molar-refractivity contribution in [3.8, 4) is 0 Å². The van der Waals surface area contributed by atoms with E-state index in [2.05, 4.69) is 20.7 Å². The first kappa shape index (κ1) is 17.5. The molecule has 0 aliphatic carbocycles. The summed E-state index contributed by atoms with van der Waals surface area (Å²) in [4.78, 5) is 28.7. The van der Waals surface area contributed by atoms with Crippen molar-refractivity contribution in [2.75, 3.05) is 17.7 Å². The zero-order valence-electron chi connectivity index (χ0n) is 14.9. The van der Waals surface area contributed by atoms with E-state index in [1.165, 1.54) is 10.7 Å². The van der Waals surface area contributed by atoms with Crippen LogP contribution in [0.15, 0.2) is 35.4 Å². The van der Waals surface area contributed by atoms with Crippen LogP contribution in [0.1, 0.15) is 36.7 Å². The molecule has 3 heterocycles. The Labute approximate surface area is 149 Å². The predicted molar refractivity (Wildman–Crippen MR) is 100 cm³/mol. The maximum Gasteiger partial charge on any atom is 0.274 e. The number of aromatic nitrogens is 4. The van der Waals surface area contributed by atoms with Gasteiger partial charge in [-0.2, -0.15) is 9.61 Å². The van der Waals surface area contributed by atoms with E-state index in [1.54, 1.807) is 36.0 Å². The van der Waals surface area contributed by atoms with Crippen LogP contribution in [0.25, 0.3) is 5.65 Å². The summed E-state index contributed by atoms with van der Waals surface area (Å²) >= 11 is 0. The SMILES string of the molecule is CC[C@H](C)n1cccc(Nc2cc(NC)n3ncc(C(N)=O)c3n2)c1=O. The molecule has 0 saturated heterocycles. The molecule has 26 heavy (non-hydrogen) atoms. The number of hydrogen-bond donors (Lipinski definition) is 3. The standard InChI is InChI=1S/C17H21N7O2/c1-4-10(2)23-7-5-6-12(17(23)26)21-13-8-14(19-3)24-16(22-13)11(9-20-24)15(18)25/h5-10,19H,4H2,1-3H3,(H2,18,25)(H,21,22)/t10-/m0/s1. The van der Waals surface area contributed by atoms with Gasteiger partial charge in [0.2, 0.25) is 0 Å². The minimum atomic E-state index is -0.620. The number of carbonyl (C=O) groups is 1. The molecule has 9 heteroatoms. The molecule has 0 aliphatic rings. The second-order valence-corrected chi connectivity index (χ2v) is 5.95. The van der Waals surface area contributed by atoms with Crippen LogP contribution < -0.4 is 21.9 Å². The number of fused-ring (bicyclic) bond motifs is 1. The molecule has 0 bridgehead atoms. The molecule has 3 aromatic rings. The molecule has 0 saturated carbocycles. The number of carbonyl (C=O) groups excluding carboxylic acids is 1. The normalized spacial score (nSPS) is 12.1. The number of rotatable bonds is 6. The summed E-state index contributed by atoms with van der Waals surface area (Å²) in [5, 5.41) is 10.1. The monoisotopic (exact) mass is 355 g/mol. The van der Waals surface area contributed by atoms with Gasteiger partial charge in [0.1, 0.15) is 22.9 Å². The number of hydrogen-bond acceptors (Lipinski definition) is 6. The van der Waals surface area contributed by atoms with Crippen LogP contribution >= 0.6 is 0 Å². The molecule has 4 N–H and O–H groups in total. The topological polar surface area (TPSA) is 119 Å². The largest absolute Gasteiger partial charge is 0.373 e. The number of nitrogens with one attached hydrogen (secondary N) is 2. The van der Waals surface area contributed by atoms with Crippen LogP contribution in [-0.4, -0.2) is 32.1 Å². The summed E-state index contributed by atoms with van der Waals surface area (Å²) in [6.45, 7) is 4.01. The molecule has 0 aromatic carbocycles. The van der Waals surface area contributed by atoms with E-state index >= 15 is 0 Å². The maximum absolute atomic E-state index is 12.7. The number of primary amides is 1. The van der Waals surface area contributed by atoms with E-state index in [-0.39, 0.29) is 17.2 Å². The maximum atomic E-state index is 12.7. The summed E-state index contributed by atoms with van der Waals surface area (Å²) in [5.74, 6) is 0.387. The average molecular weight is 355 g/mol. The Bertz CT molecular complexity index is 1020. The molecule has 0 aliphatic heterocycles. The fourth-order valence-electron chi connectivity index (χ4n) is 2.67. The van der Waals surface area contributed by atoms with Crippen molar-refractivity contribution in [1.29, 1.82) is 0 Å². The lowest BCUT2D eigenvalue weighted by atomic mass is 10.2. The highest BCUT2D eigenvalue weighted by Crippen LogP contribution is 2.20. The van der Waals surface area contributed by atoms with E-state index in [0.29, 0.717) is 23.0 Å². The molecule has 3 aromatic heterocycles. The van der Waals surface area contributed by atoms with Crippen molar-refractivity contribution in [3.63, 3.8) is 0 Å². The molecule has 136 valence electrons. The molecule has 3 rings (SSSR count). The smallest absolute Gasteiger partial charge is 0.274 e. The van der Waals surface area contributed by atoms with Crippen LogP contribution in [0.2, 0.25) is 0 Å². The van der Waals surface area contributed by atoms with Crippen LogP contribution in [0.5, 0.6) is 0 Å². The Balaban J connectivity index is 2.08. The van der Waals surface area contributed by atoms with Gasteiger partial charge in [0, 0.05) is 25.4 Å². The summed E-state index contributed by atoms with van der Waals surface area (Å²) in [6, 6.07) is 5.28. The van der Waals surface area contributed by atoms with Crippen molar-refractivity contribution < 1.29 is 4.79 Å². The van der Waals surface area contributed by atoms with Crippen LogP contribution in [0.4, 0.5) is 17.3 Å². The fraction of sp³-hybridized carbons (Fsp3) is 0.294. The molecule has 0 spiro atoms. The van der Waals surface area contributed by atoms with Crippen molar-refractivity contribution in [1.82, 2.24) is 19.2 Å². The molecule has 1 atom stereocenters. The summed E-state index contributed by atoms with van der Waals surface area (Å²) < 4.78 is 3.15. The van der Waals surface area contributed by atoms with Crippen LogP contribution in [0.3, 0.4) is 0 Å². The second-order valence-electron chi connectivity index (χ2n) is 5.95. The molecular weight excluding hydrogens is 334 g/mol. The highest BCUT2D eigenvalue weighted by molar-refractivity contribution is 5.98. The van der Waals surface area contributed by atoms with Gasteiger partial charge in [0.25, 0.3) is 11.5 Å². The summed E-state index contributed by atoms with van der Waals surface area (Å²) in [7, 11) is 1.72. The Morgan fingerprint density at radius 3 is 2.85 bits per heavy atom. The Kier molecular flexibility index (Phi) is 4.61. The van der Waals surface area contributed by atoms with Crippen molar-refractivity contribution in [2.24, 2.45) is 5.73 Å². The molecule has 0 radical (unpaired) electrons. The third-order valence-corrected chi connectivity index (χ3v) is 4.30. The lowest BCUT2D eigenvalue weighted by Gasteiger charge is -2.15. The van der Waals surface area contributed by atoms with Crippen molar-refractivity contribution in [2.45, 2.75) is 26.3 Å². The molecule has 0 fully saturated rings. The quantitative estimate of drug-likeness (QED) is 0.620. The van der Waals surface area contributed by atoms with Crippen LogP contribution in [-0.2, 0) is 0 Å². The van der Waals surface area contributed by atoms with Gasteiger partial charge in [-0.25, -0.2) is 4.98 Å². The first-order chi connectivity index (χ1) is 12.5. The predicted octanol–water partition coefficient (Wildman–Crippen LogP) is 1.75. The number of anilines is 3. The van der Waals surface area contributed by atoms with Gasteiger partial charge in [-0.05, 0) is 25.5 Å². The van der Waals surface area contributed by atoms with Gasteiger partial charge >= 0.3 is 0 Å². The van der Waals surface area contributed by atoms with Gasteiger partial charge in [0.15, 0.2) is 5.65 Å². The molecule has 1 amide bonds. The highest BCUT2D eigenvalue weighted by Gasteiger charge is 2.15. The van der Waals surface area contributed by atoms with Crippen LogP contribution in [0, 0.1) is 0 Å². The molecule has 0 unspecified atom stereocenters. The number of nitrogens with two attached hydrogens (primary N) is 1. The van der Waals surface area contributed by atoms with Gasteiger partial charge in [-0.15, -0.1) is 0 Å². The third kappa shape index (κ3) is 2.99. The third-order valence-electron chi connectivity index (χ3n) is 4.30. The van der Waals surface area contributed by atoms with Crippen molar-refractivity contribution >= 4 is 28.9 Å². The lowest BCUT2D eigenvalue weighted by Crippen LogP contribution is -2.24. The van der Waals surface area contributed by atoms with E-state index in [0.717, 1.165) is 6.42 Å². The first-order valence-corrected chi connectivity index (χ1v) is 8.30. The van der Waals surface area contributed by atoms with E-state index in [4.69, 9.17) is 5.73 Å². The zero-order chi connectivity index (χ0) is 18.8. The fourth-order valence-corrected chi connectivity index (χ4v) is 2.67. The first-order valence-electron chi connectivity index (χ1n) is 8.30. The van der Waals surface area contributed by atoms with Crippen molar-refractivity contribution in [3.05, 3.63) is 46.5 Å². The number of pyridine rings is 1. The Morgan fingerprint density at radius 1 is 1.42 bits per heavy atom. The van der Waals surface area contributed by atoms with E-state index in [1.807, 2.05) is 13.8 Å². The summed E-state index contributed by atoms with van der Waals surface area (Å²) in [5.41, 5.74) is 6.15. The minimum Gasteiger partial charge on any atom is -0.373 e. The highest BCUT2D eigenvalue weighted by atomic mass is 16.1. The minimum absolute atomic E-state index is 0.0869. The molecule has 9 nitrogen and oxygen atoms in total. The van der Waals surface area contributed by atoms with Gasteiger partial charge in [-0.3, -0.25) is 9.59 Å². The Hall–Kier alpha value is -3.36. The Morgan fingerprint density at radius 2 is 2.19 bits per heavy atom. The number of nitrogens with zero attached hydrogens (tertiary/aromatic N) is 4. The number of amides is 1. The zero-order valence-corrected chi connectivity index (χ0v) is 14.9. The summed E-state index contributed by atoms with van der Waals surface area (Å²) in [6.07, 6.45) is 3.97. The van der Waals surface area contributed by atoms with Gasteiger partial charge < -0.3 is 20.9 Å². The molecular formula is C17H21N7O2. The van der Waals surface area contributed by atoms with E-state index < -0.39 is 5.91 Å². The average Bonchev–Trinajstić information content (AvgIpc) is 3.06. The van der Waals surface area contributed by atoms with Gasteiger partial charge in [0.05, 0.1) is 6.20 Å². The lowest BCUT2D eigenvalue weighted by molar-refractivity contribution is 0.100.